The number of nitrogens with zero attached hydrogens (tertiary/aromatic N) is 2. The summed E-state index contributed by atoms with van der Waals surface area (Å²) in [4.78, 5) is 30.1. The van der Waals surface area contributed by atoms with Gasteiger partial charge in [0.25, 0.3) is 5.91 Å². The molecular weight excluding hydrogens is 326 g/mol. The Balaban J connectivity index is 1.88. The molecule has 1 aliphatic heterocycles. The number of carbonyl (C=O) groups excluding carboxylic acids is 2. The molecule has 2 N–H and O–H groups in total. The van der Waals surface area contributed by atoms with Gasteiger partial charge in [0.2, 0.25) is 5.91 Å². The highest BCUT2D eigenvalue weighted by Crippen LogP contribution is 2.22. The number of aliphatic imine (C=N–C) groups is 1. The van der Waals surface area contributed by atoms with E-state index in [4.69, 9.17) is 12.2 Å². The Hall–Kier alpha value is -3.06. The van der Waals surface area contributed by atoms with Crippen molar-refractivity contribution in [3.05, 3.63) is 54.6 Å². The van der Waals surface area contributed by atoms with Crippen LogP contribution in [0.15, 0.2) is 59.6 Å². The number of para-hydroxylation sites is 1. The number of benzene rings is 2. The van der Waals surface area contributed by atoms with Crippen molar-refractivity contribution in [1.29, 1.82) is 0 Å². The zero-order valence-electron chi connectivity index (χ0n) is 12.4. The average Bonchev–Trinajstić information content (AvgIpc) is 2.55. The molecule has 1 saturated heterocycles. The first kappa shape index (κ1) is 15.8. The van der Waals surface area contributed by atoms with Crippen LogP contribution in [-0.2, 0) is 9.59 Å². The minimum atomic E-state index is -1.10. The molecule has 2 aromatic carbocycles. The largest absolute Gasteiger partial charge is 0.508 e. The maximum Gasteiger partial charge on any atom is 0.251 e. The van der Waals surface area contributed by atoms with E-state index < -0.39 is 17.7 Å². The third kappa shape index (κ3) is 3.16. The van der Waals surface area contributed by atoms with Crippen molar-refractivity contribution in [2.45, 2.75) is 0 Å². The lowest BCUT2D eigenvalue weighted by molar-refractivity contribution is -0.130. The number of hydrogen-bond donors (Lipinski definition) is 2. The molecule has 3 rings (SSSR count). The molecule has 0 saturated carbocycles. The zero-order chi connectivity index (χ0) is 17.1. The topological polar surface area (TPSA) is 82.0 Å². The maximum atomic E-state index is 12.7. The molecule has 120 valence electrons. The molecule has 2 amide bonds. The highest BCUT2D eigenvalue weighted by molar-refractivity contribution is 7.80. The second kappa shape index (κ2) is 6.59. The van der Waals surface area contributed by atoms with Gasteiger partial charge in [-0.1, -0.05) is 24.3 Å². The van der Waals surface area contributed by atoms with E-state index in [2.05, 4.69) is 10.3 Å². The molecule has 0 spiro atoms. The van der Waals surface area contributed by atoms with Gasteiger partial charge in [0.1, 0.15) is 5.75 Å². The predicted octanol–water partition coefficient (Wildman–Crippen LogP) is 2.16. The summed E-state index contributed by atoms with van der Waals surface area (Å²) < 4.78 is 0. The molecule has 1 fully saturated rings. The van der Waals surface area contributed by atoms with Crippen LogP contribution in [0.25, 0.3) is 0 Å². The molecule has 24 heavy (non-hydrogen) atoms. The molecule has 0 radical (unpaired) electrons. The molecule has 7 heteroatoms. The van der Waals surface area contributed by atoms with Gasteiger partial charge in [-0.25, -0.2) is 0 Å². The first-order chi connectivity index (χ1) is 11.6. The van der Waals surface area contributed by atoms with Gasteiger partial charge in [0, 0.05) is 12.3 Å². The standard InChI is InChI=1S/C17H13N3O3S/c21-13-8-4-5-11(9-13)18-10-14-15(22)19-17(24)20(16(14)23)12-6-2-1-3-7-12/h1-10,14,21H,(H,19,22,24)/t14-/m1/s1. The van der Waals surface area contributed by atoms with Crippen molar-refractivity contribution in [2.75, 3.05) is 4.90 Å². The number of aromatic hydroxyl groups is 1. The quantitative estimate of drug-likeness (QED) is 0.510. The summed E-state index contributed by atoms with van der Waals surface area (Å²) in [5.41, 5.74) is 1.01. The highest BCUT2D eigenvalue weighted by atomic mass is 32.1. The molecule has 2 aromatic rings. The Morgan fingerprint density at radius 1 is 1.12 bits per heavy atom. The van der Waals surface area contributed by atoms with Crippen molar-refractivity contribution in [1.82, 2.24) is 5.32 Å². The minimum absolute atomic E-state index is 0.0400. The fraction of sp³-hybridized carbons (Fsp3) is 0.0588. The van der Waals surface area contributed by atoms with Gasteiger partial charge in [-0.3, -0.25) is 19.5 Å². The van der Waals surface area contributed by atoms with Crippen molar-refractivity contribution < 1.29 is 14.7 Å². The number of phenolic OH excluding ortho intramolecular Hbond substituents is 1. The third-order valence-corrected chi connectivity index (χ3v) is 3.70. The minimum Gasteiger partial charge on any atom is -0.508 e. The second-order valence-electron chi connectivity index (χ2n) is 5.08. The molecule has 1 aliphatic rings. The Labute approximate surface area is 143 Å². The van der Waals surface area contributed by atoms with E-state index in [-0.39, 0.29) is 10.9 Å². The maximum absolute atomic E-state index is 12.7. The summed E-state index contributed by atoms with van der Waals surface area (Å²) in [6.07, 6.45) is 1.25. The van der Waals surface area contributed by atoms with Crippen molar-refractivity contribution in [2.24, 2.45) is 10.9 Å². The van der Waals surface area contributed by atoms with Crippen LogP contribution < -0.4 is 10.2 Å². The first-order valence-corrected chi connectivity index (χ1v) is 7.54. The summed E-state index contributed by atoms with van der Waals surface area (Å²) >= 11 is 5.11. The molecule has 0 bridgehead atoms. The number of thiocarbonyl (C=S) groups is 1. The average molecular weight is 339 g/mol. The van der Waals surface area contributed by atoms with Gasteiger partial charge >= 0.3 is 0 Å². The molecule has 6 nitrogen and oxygen atoms in total. The zero-order valence-corrected chi connectivity index (χ0v) is 13.2. The SMILES string of the molecule is O=C1NC(=S)N(c2ccccc2)C(=O)[C@@H]1C=Nc1cccc(O)c1. The van der Waals surface area contributed by atoms with Crippen LogP contribution in [-0.4, -0.2) is 28.2 Å². The van der Waals surface area contributed by atoms with Crippen molar-refractivity contribution in [3.8, 4) is 5.75 Å². The van der Waals surface area contributed by atoms with Crippen LogP contribution in [0.1, 0.15) is 0 Å². The van der Waals surface area contributed by atoms with Gasteiger partial charge in [0.15, 0.2) is 11.0 Å². The third-order valence-electron chi connectivity index (χ3n) is 3.42. The number of carbonyl (C=O) groups is 2. The van der Waals surface area contributed by atoms with Crippen LogP contribution in [0.3, 0.4) is 0 Å². The molecule has 1 atom stereocenters. The van der Waals surface area contributed by atoms with Gasteiger partial charge in [-0.15, -0.1) is 0 Å². The van der Waals surface area contributed by atoms with Crippen LogP contribution in [0.5, 0.6) is 5.75 Å². The fourth-order valence-electron chi connectivity index (χ4n) is 2.28. The number of anilines is 1. The monoisotopic (exact) mass is 339 g/mol. The van der Waals surface area contributed by atoms with Gasteiger partial charge in [0.05, 0.1) is 11.4 Å². The van der Waals surface area contributed by atoms with E-state index in [0.717, 1.165) is 0 Å². The van der Waals surface area contributed by atoms with E-state index in [0.29, 0.717) is 11.4 Å². The normalized spacial score (nSPS) is 18.1. The smallest absolute Gasteiger partial charge is 0.251 e. The summed E-state index contributed by atoms with van der Waals surface area (Å²) in [7, 11) is 0. The van der Waals surface area contributed by atoms with E-state index in [9.17, 15) is 14.7 Å². The van der Waals surface area contributed by atoms with Crippen LogP contribution in [0.4, 0.5) is 11.4 Å². The van der Waals surface area contributed by atoms with Crippen LogP contribution in [0, 0.1) is 5.92 Å². The molecule has 0 unspecified atom stereocenters. The van der Waals surface area contributed by atoms with E-state index in [1.54, 1.807) is 36.4 Å². The van der Waals surface area contributed by atoms with E-state index >= 15 is 0 Å². The summed E-state index contributed by atoms with van der Waals surface area (Å²) in [6, 6.07) is 15.0. The summed E-state index contributed by atoms with van der Waals surface area (Å²) in [5, 5.41) is 12.0. The molecule has 0 aromatic heterocycles. The second-order valence-corrected chi connectivity index (χ2v) is 5.47. The van der Waals surface area contributed by atoms with Crippen LogP contribution >= 0.6 is 12.2 Å². The van der Waals surface area contributed by atoms with Gasteiger partial charge in [-0.2, -0.15) is 0 Å². The van der Waals surface area contributed by atoms with Crippen molar-refractivity contribution in [3.63, 3.8) is 0 Å². The van der Waals surface area contributed by atoms with Crippen molar-refractivity contribution >= 4 is 46.7 Å². The van der Waals surface area contributed by atoms with Crippen LogP contribution in [0.2, 0.25) is 0 Å². The predicted molar refractivity (Wildman–Crippen MR) is 94.4 cm³/mol. The van der Waals surface area contributed by atoms with E-state index in [1.165, 1.54) is 23.2 Å². The van der Waals surface area contributed by atoms with Gasteiger partial charge < -0.3 is 10.4 Å². The summed E-state index contributed by atoms with van der Waals surface area (Å²) in [5.74, 6) is -2.05. The highest BCUT2D eigenvalue weighted by Gasteiger charge is 2.38. The Kier molecular flexibility index (Phi) is 4.35. The van der Waals surface area contributed by atoms with E-state index in [1.807, 2.05) is 6.07 Å². The lowest BCUT2D eigenvalue weighted by Gasteiger charge is -2.30. The number of hydrogen-bond acceptors (Lipinski definition) is 5. The lowest BCUT2D eigenvalue weighted by atomic mass is 10.1. The fourth-order valence-corrected chi connectivity index (χ4v) is 2.57. The number of nitrogens with one attached hydrogen (secondary N) is 1. The van der Waals surface area contributed by atoms with Gasteiger partial charge in [-0.05, 0) is 36.5 Å². The summed E-state index contributed by atoms with van der Waals surface area (Å²) in [6.45, 7) is 0. The number of phenols is 1. The Morgan fingerprint density at radius 3 is 2.58 bits per heavy atom. The number of amides is 2. The molecular formula is C17H13N3O3S. The molecule has 0 aliphatic carbocycles. The first-order valence-electron chi connectivity index (χ1n) is 7.13. The molecule has 1 heterocycles. The number of rotatable bonds is 3. The Bertz CT molecular complexity index is 836. The Morgan fingerprint density at radius 2 is 1.88 bits per heavy atom. The lowest BCUT2D eigenvalue weighted by Crippen LogP contribution is -2.58.